The van der Waals surface area contributed by atoms with E-state index in [2.05, 4.69) is 15.3 Å². The molecule has 0 bridgehead atoms. The number of fused-ring (bicyclic) bond motifs is 1. The zero-order valence-electron chi connectivity index (χ0n) is 15.4. The van der Waals surface area contributed by atoms with Crippen molar-refractivity contribution in [3.05, 3.63) is 94.2 Å². The Balaban J connectivity index is 1.52. The number of nitrogens with zero attached hydrogens (tertiary/aromatic N) is 4. The van der Waals surface area contributed by atoms with Crippen molar-refractivity contribution < 1.29 is 4.79 Å². The summed E-state index contributed by atoms with van der Waals surface area (Å²) >= 11 is 0. The highest BCUT2D eigenvalue weighted by atomic mass is 16.2. The molecule has 0 fully saturated rings. The zero-order valence-corrected chi connectivity index (χ0v) is 15.4. The Morgan fingerprint density at radius 1 is 1.04 bits per heavy atom. The number of amides is 1. The SMILES string of the molecule is CN(Cc1cnn(Cc2ccccc2)c1)C(=O)c1n[nH]c(=O)c2ccccc12. The van der Waals surface area contributed by atoms with Gasteiger partial charge in [-0.15, -0.1) is 0 Å². The van der Waals surface area contributed by atoms with Gasteiger partial charge in [0.05, 0.1) is 18.1 Å². The zero-order chi connectivity index (χ0) is 19.5. The first kappa shape index (κ1) is 17.7. The second kappa shape index (κ2) is 7.48. The number of aromatic amines is 1. The lowest BCUT2D eigenvalue weighted by Crippen LogP contribution is -2.28. The molecule has 2 aromatic carbocycles. The van der Waals surface area contributed by atoms with Crippen LogP contribution >= 0.6 is 0 Å². The summed E-state index contributed by atoms with van der Waals surface area (Å²) in [6.45, 7) is 1.06. The molecule has 28 heavy (non-hydrogen) atoms. The minimum atomic E-state index is -0.308. The molecule has 4 aromatic rings. The average molecular weight is 373 g/mol. The first-order valence-electron chi connectivity index (χ1n) is 8.90. The maximum Gasteiger partial charge on any atom is 0.274 e. The Morgan fingerprint density at radius 2 is 1.75 bits per heavy atom. The lowest BCUT2D eigenvalue weighted by atomic mass is 10.1. The van der Waals surface area contributed by atoms with Crippen LogP contribution in [0.3, 0.4) is 0 Å². The molecule has 0 radical (unpaired) electrons. The molecule has 2 heterocycles. The van der Waals surface area contributed by atoms with Crippen LogP contribution in [0.5, 0.6) is 0 Å². The molecule has 1 amide bonds. The highest BCUT2D eigenvalue weighted by Crippen LogP contribution is 2.15. The van der Waals surface area contributed by atoms with Gasteiger partial charge in [-0.2, -0.15) is 10.2 Å². The first-order chi connectivity index (χ1) is 13.6. The fourth-order valence-electron chi connectivity index (χ4n) is 3.15. The van der Waals surface area contributed by atoms with Gasteiger partial charge in [-0.3, -0.25) is 14.3 Å². The van der Waals surface area contributed by atoms with Crippen molar-refractivity contribution in [1.29, 1.82) is 0 Å². The first-order valence-corrected chi connectivity index (χ1v) is 8.90. The molecule has 7 nitrogen and oxygen atoms in total. The van der Waals surface area contributed by atoms with E-state index >= 15 is 0 Å². The van der Waals surface area contributed by atoms with Crippen LogP contribution in [-0.2, 0) is 13.1 Å². The Labute approximate surface area is 161 Å². The van der Waals surface area contributed by atoms with Crippen molar-refractivity contribution in [3.63, 3.8) is 0 Å². The molecule has 1 N–H and O–H groups in total. The summed E-state index contributed by atoms with van der Waals surface area (Å²) in [6.07, 6.45) is 3.68. The fraction of sp³-hybridized carbons (Fsp3) is 0.143. The number of hydrogen-bond acceptors (Lipinski definition) is 4. The number of rotatable bonds is 5. The molecule has 4 rings (SSSR count). The Kier molecular flexibility index (Phi) is 4.72. The largest absolute Gasteiger partial charge is 0.336 e. The lowest BCUT2D eigenvalue weighted by Gasteiger charge is -2.16. The third-order valence-corrected chi connectivity index (χ3v) is 4.54. The van der Waals surface area contributed by atoms with E-state index in [1.807, 2.05) is 41.2 Å². The average Bonchev–Trinajstić information content (AvgIpc) is 3.15. The fourth-order valence-corrected chi connectivity index (χ4v) is 3.15. The van der Waals surface area contributed by atoms with Crippen LogP contribution in [0.1, 0.15) is 21.6 Å². The highest BCUT2D eigenvalue weighted by Gasteiger charge is 2.18. The summed E-state index contributed by atoms with van der Waals surface area (Å²) < 4.78 is 1.84. The van der Waals surface area contributed by atoms with Crippen LogP contribution < -0.4 is 5.56 Å². The minimum absolute atomic E-state index is 0.231. The molecule has 2 aromatic heterocycles. The molecular weight excluding hydrogens is 354 g/mol. The number of H-pyrrole nitrogens is 1. The quantitative estimate of drug-likeness (QED) is 0.582. The van der Waals surface area contributed by atoms with Gasteiger partial charge >= 0.3 is 0 Å². The Morgan fingerprint density at radius 3 is 2.54 bits per heavy atom. The summed E-state index contributed by atoms with van der Waals surface area (Å²) in [5.74, 6) is -0.261. The molecule has 0 atom stereocenters. The van der Waals surface area contributed by atoms with Crippen molar-refractivity contribution in [3.8, 4) is 0 Å². The molecule has 0 aliphatic rings. The monoisotopic (exact) mass is 373 g/mol. The summed E-state index contributed by atoms with van der Waals surface area (Å²) in [5, 5.41) is 11.8. The summed E-state index contributed by atoms with van der Waals surface area (Å²) in [7, 11) is 1.71. The maximum absolute atomic E-state index is 12.9. The van der Waals surface area contributed by atoms with Crippen molar-refractivity contribution >= 4 is 16.7 Å². The van der Waals surface area contributed by atoms with E-state index in [1.54, 1.807) is 42.4 Å². The lowest BCUT2D eigenvalue weighted by molar-refractivity contribution is 0.0780. The van der Waals surface area contributed by atoms with E-state index in [9.17, 15) is 9.59 Å². The summed E-state index contributed by atoms with van der Waals surface area (Å²) in [5.41, 5.74) is 2.00. The van der Waals surface area contributed by atoms with Crippen molar-refractivity contribution in [2.75, 3.05) is 7.05 Å². The van der Waals surface area contributed by atoms with Gasteiger partial charge in [0.15, 0.2) is 5.69 Å². The predicted octanol–water partition coefficient (Wildman–Crippen LogP) is 2.44. The number of nitrogens with one attached hydrogen (secondary N) is 1. The maximum atomic E-state index is 12.9. The van der Waals surface area contributed by atoms with Gasteiger partial charge < -0.3 is 4.90 Å². The van der Waals surface area contributed by atoms with E-state index in [4.69, 9.17) is 0 Å². The van der Waals surface area contributed by atoms with E-state index < -0.39 is 0 Å². The minimum Gasteiger partial charge on any atom is -0.336 e. The molecule has 0 spiro atoms. The number of hydrogen-bond donors (Lipinski definition) is 1. The number of carbonyl (C=O) groups excluding carboxylic acids is 1. The van der Waals surface area contributed by atoms with Gasteiger partial charge in [-0.05, 0) is 11.6 Å². The van der Waals surface area contributed by atoms with Gasteiger partial charge in [0.25, 0.3) is 11.5 Å². The van der Waals surface area contributed by atoms with Crippen molar-refractivity contribution in [1.82, 2.24) is 24.9 Å². The molecule has 0 aliphatic carbocycles. The second-order valence-electron chi connectivity index (χ2n) is 6.64. The van der Waals surface area contributed by atoms with E-state index in [0.29, 0.717) is 23.9 Å². The molecule has 0 unspecified atom stereocenters. The van der Waals surface area contributed by atoms with Crippen molar-refractivity contribution in [2.24, 2.45) is 0 Å². The molecule has 0 saturated carbocycles. The third kappa shape index (κ3) is 3.55. The Bertz CT molecular complexity index is 1180. The molecule has 7 heteroatoms. The van der Waals surface area contributed by atoms with E-state index in [0.717, 1.165) is 11.1 Å². The van der Waals surface area contributed by atoms with E-state index in [-0.39, 0.29) is 17.2 Å². The summed E-state index contributed by atoms with van der Waals surface area (Å²) in [6, 6.07) is 17.0. The molecule has 140 valence electrons. The van der Waals surface area contributed by atoms with Crippen LogP contribution in [0.15, 0.2) is 71.8 Å². The molecule has 0 saturated heterocycles. The topological polar surface area (TPSA) is 83.9 Å². The van der Waals surface area contributed by atoms with Crippen LogP contribution in [-0.4, -0.2) is 37.8 Å². The number of aromatic nitrogens is 4. The normalized spacial score (nSPS) is 10.9. The van der Waals surface area contributed by atoms with Crippen LogP contribution in [0.4, 0.5) is 0 Å². The summed E-state index contributed by atoms with van der Waals surface area (Å²) in [4.78, 5) is 26.4. The van der Waals surface area contributed by atoms with Crippen LogP contribution in [0.25, 0.3) is 10.8 Å². The molecular formula is C21H19N5O2. The number of benzene rings is 2. The van der Waals surface area contributed by atoms with Gasteiger partial charge in [-0.25, -0.2) is 5.10 Å². The molecule has 0 aliphatic heterocycles. The van der Waals surface area contributed by atoms with Crippen LogP contribution in [0.2, 0.25) is 0 Å². The van der Waals surface area contributed by atoms with Crippen molar-refractivity contribution in [2.45, 2.75) is 13.1 Å². The smallest absolute Gasteiger partial charge is 0.274 e. The van der Waals surface area contributed by atoms with Gasteiger partial charge in [0.2, 0.25) is 0 Å². The predicted molar refractivity (Wildman–Crippen MR) is 106 cm³/mol. The van der Waals surface area contributed by atoms with Gasteiger partial charge in [0.1, 0.15) is 0 Å². The number of carbonyl (C=O) groups is 1. The standard InChI is InChI=1S/C21H19N5O2/c1-25(12-16-11-22-26(14-16)13-15-7-3-2-4-8-15)21(28)19-17-9-5-6-10-18(17)20(27)24-23-19/h2-11,14H,12-13H2,1H3,(H,24,27). The van der Waals surface area contributed by atoms with E-state index in [1.165, 1.54) is 0 Å². The van der Waals surface area contributed by atoms with Crippen LogP contribution in [0, 0.1) is 0 Å². The second-order valence-corrected chi connectivity index (χ2v) is 6.64. The van der Waals surface area contributed by atoms with Gasteiger partial charge in [0, 0.05) is 30.7 Å². The van der Waals surface area contributed by atoms with Gasteiger partial charge in [-0.1, -0.05) is 48.5 Å². The third-order valence-electron chi connectivity index (χ3n) is 4.54. The highest BCUT2D eigenvalue weighted by molar-refractivity contribution is 6.04. The Hall–Kier alpha value is -3.74.